The van der Waals surface area contributed by atoms with Gasteiger partial charge in [0.25, 0.3) is 11.8 Å². The van der Waals surface area contributed by atoms with Crippen LogP contribution < -0.4 is 19.7 Å². The van der Waals surface area contributed by atoms with Crippen molar-refractivity contribution in [3.8, 4) is 11.5 Å². The molecule has 3 aromatic rings. The topological polar surface area (TPSA) is 84.9 Å². The highest BCUT2D eigenvalue weighted by atomic mass is 16.5. The van der Waals surface area contributed by atoms with E-state index in [4.69, 9.17) is 9.47 Å². The summed E-state index contributed by atoms with van der Waals surface area (Å²) in [5.41, 5.74) is 0.800. The lowest BCUT2D eigenvalue weighted by Crippen LogP contribution is -2.54. The Kier molecular flexibility index (Phi) is 4.93. The summed E-state index contributed by atoms with van der Waals surface area (Å²) in [6, 6.07) is 16.9. The molecule has 0 radical (unpaired) electrons. The fourth-order valence-corrected chi connectivity index (χ4v) is 3.39. The monoisotopic (exact) mass is 402 g/mol. The van der Waals surface area contributed by atoms with Gasteiger partial charge in [0, 0.05) is 5.39 Å². The Hall–Kier alpha value is -4.13. The van der Waals surface area contributed by atoms with Gasteiger partial charge >= 0.3 is 6.03 Å². The number of nitrogens with one attached hydrogen (secondary N) is 1. The largest absolute Gasteiger partial charge is 0.493 e. The summed E-state index contributed by atoms with van der Waals surface area (Å²) in [7, 11) is 3.01. The first-order valence-corrected chi connectivity index (χ1v) is 9.14. The summed E-state index contributed by atoms with van der Waals surface area (Å²) in [5.74, 6) is -0.477. The number of carbonyl (C=O) groups is 3. The number of fused-ring (bicyclic) bond motifs is 1. The SMILES string of the molecule is COc1ccc(/C=C2\C(=O)NC(=O)N(c3cccc4ccccc34)C2=O)cc1OC. The van der Waals surface area contributed by atoms with Gasteiger partial charge in [-0.3, -0.25) is 14.9 Å². The zero-order chi connectivity index (χ0) is 21.3. The Morgan fingerprint density at radius 1 is 0.867 bits per heavy atom. The van der Waals surface area contributed by atoms with Crippen molar-refractivity contribution in [3.63, 3.8) is 0 Å². The molecule has 7 nitrogen and oxygen atoms in total. The molecule has 0 unspecified atom stereocenters. The zero-order valence-corrected chi connectivity index (χ0v) is 16.3. The van der Waals surface area contributed by atoms with Crippen LogP contribution >= 0.6 is 0 Å². The maximum atomic E-state index is 13.2. The molecule has 3 aromatic carbocycles. The molecule has 7 heteroatoms. The average molecular weight is 402 g/mol. The smallest absolute Gasteiger partial charge is 0.335 e. The van der Waals surface area contributed by atoms with Crippen LogP contribution in [-0.2, 0) is 9.59 Å². The predicted molar refractivity (Wildman–Crippen MR) is 112 cm³/mol. The molecule has 0 saturated carbocycles. The van der Waals surface area contributed by atoms with Crippen LogP contribution in [0.5, 0.6) is 11.5 Å². The van der Waals surface area contributed by atoms with E-state index < -0.39 is 17.8 Å². The van der Waals surface area contributed by atoms with Crippen LogP contribution in [0.3, 0.4) is 0 Å². The Morgan fingerprint density at radius 2 is 1.60 bits per heavy atom. The number of benzene rings is 3. The standard InChI is InChI=1S/C23H18N2O5/c1-29-19-11-10-14(13-20(19)30-2)12-17-21(26)24-23(28)25(22(17)27)18-9-5-7-15-6-3-4-8-16(15)18/h3-13H,1-2H3,(H,24,26,28)/b17-12+. The van der Waals surface area contributed by atoms with Gasteiger partial charge in [0.05, 0.1) is 19.9 Å². The molecule has 30 heavy (non-hydrogen) atoms. The molecule has 1 N–H and O–H groups in total. The predicted octanol–water partition coefficient (Wildman–Crippen LogP) is 3.52. The van der Waals surface area contributed by atoms with Gasteiger partial charge in [-0.1, -0.05) is 42.5 Å². The fourth-order valence-electron chi connectivity index (χ4n) is 3.39. The van der Waals surface area contributed by atoms with Gasteiger partial charge in [0.15, 0.2) is 11.5 Å². The lowest BCUT2D eigenvalue weighted by atomic mass is 10.0. The number of imide groups is 2. The Morgan fingerprint density at radius 3 is 2.37 bits per heavy atom. The molecular weight excluding hydrogens is 384 g/mol. The molecule has 1 aliphatic rings. The van der Waals surface area contributed by atoms with Crippen LogP contribution in [0.25, 0.3) is 16.8 Å². The first kappa shape index (κ1) is 19.2. The minimum absolute atomic E-state index is 0.158. The van der Waals surface area contributed by atoms with Crippen LogP contribution in [0, 0.1) is 0 Å². The minimum atomic E-state index is -0.786. The number of amides is 4. The molecule has 1 fully saturated rings. The van der Waals surface area contributed by atoms with E-state index in [1.165, 1.54) is 20.3 Å². The summed E-state index contributed by atoms with van der Waals surface area (Å²) in [6.07, 6.45) is 1.42. The van der Waals surface area contributed by atoms with Gasteiger partial charge in [-0.15, -0.1) is 0 Å². The highest BCUT2D eigenvalue weighted by Gasteiger charge is 2.37. The quantitative estimate of drug-likeness (QED) is 0.533. The molecule has 0 aliphatic carbocycles. The summed E-state index contributed by atoms with van der Waals surface area (Å²) in [5, 5.41) is 3.85. The van der Waals surface area contributed by atoms with Crippen molar-refractivity contribution in [2.75, 3.05) is 19.1 Å². The Labute approximate surface area is 172 Å². The first-order valence-electron chi connectivity index (χ1n) is 9.14. The molecular formula is C23H18N2O5. The van der Waals surface area contributed by atoms with Crippen LogP contribution in [0.15, 0.2) is 66.2 Å². The van der Waals surface area contributed by atoms with E-state index in [2.05, 4.69) is 5.32 Å². The van der Waals surface area contributed by atoms with Crippen molar-refractivity contribution in [2.45, 2.75) is 0 Å². The van der Waals surface area contributed by atoms with Crippen molar-refractivity contribution in [1.82, 2.24) is 5.32 Å². The van der Waals surface area contributed by atoms with Crippen LogP contribution in [0.2, 0.25) is 0 Å². The van der Waals surface area contributed by atoms with E-state index in [0.717, 1.165) is 15.7 Å². The number of urea groups is 1. The molecule has 0 spiro atoms. The maximum Gasteiger partial charge on any atom is 0.335 e. The van der Waals surface area contributed by atoms with E-state index in [0.29, 0.717) is 22.7 Å². The average Bonchev–Trinajstić information content (AvgIpc) is 2.76. The van der Waals surface area contributed by atoms with E-state index in [1.807, 2.05) is 30.3 Å². The van der Waals surface area contributed by atoms with Gasteiger partial charge in [-0.2, -0.15) is 0 Å². The second-order valence-corrected chi connectivity index (χ2v) is 6.57. The zero-order valence-electron chi connectivity index (χ0n) is 16.3. The molecule has 1 heterocycles. The number of hydrogen-bond acceptors (Lipinski definition) is 5. The van der Waals surface area contributed by atoms with E-state index in [-0.39, 0.29) is 5.57 Å². The van der Waals surface area contributed by atoms with E-state index in [1.54, 1.807) is 30.3 Å². The molecule has 1 saturated heterocycles. The van der Waals surface area contributed by atoms with Crippen molar-refractivity contribution < 1.29 is 23.9 Å². The number of rotatable bonds is 4. The van der Waals surface area contributed by atoms with Gasteiger partial charge in [-0.25, -0.2) is 9.69 Å². The second-order valence-electron chi connectivity index (χ2n) is 6.57. The van der Waals surface area contributed by atoms with Gasteiger partial charge in [0.1, 0.15) is 5.57 Å². The fraction of sp³-hybridized carbons (Fsp3) is 0.0870. The van der Waals surface area contributed by atoms with Gasteiger partial charge < -0.3 is 9.47 Å². The third-order valence-electron chi connectivity index (χ3n) is 4.83. The van der Waals surface area contributed by atoms with Gasteiger partial charge in [-0.05, 0) is 35.2 Å². The van der Waals surface area contributed by atoms with Gasteiger partial charge in [0.2, 0.25) is 0 Å². The summed E-state index contributed by atoms with van der Waals surface area (Å²) < 4.78 is 10.5. The highest BCUT2D eigenvalue weighted by Crippen LogP contribution is 2.31. The molecule has 0 aromatic heterocycles. The molecule has 4 amide bonds. The lowest BCUT2D eigenvalue weighted by molar-refractivity contribution is -0.122. The number of hydrogen-bond donors (Lipinski definition) is 1. The van der Waals surface area contributed by atoms with Crippen molar-refractivity contribution in [3.05, 3.63) is 71.8 Å². The minimum Gasteiger partial charge on any atom is -0.493 e. The summed E-state index contributed by atoms with van der Waals surface area (Å²) >= 11 is 0. The normalized spacial score (nSPS) is 15.5. The van der Waals surface area contributed by atoms with E-state index >= 15 is 0 Å². The molecule has 0 atom stereocenters. The number of barbiturate groups is 1. The summed E-state index contributed by atoms with van der Waals surface area (Å²) in [6.45, 7) is 0. The van der Waals surface area contributed by atoms with Crippen LogP contribution in [-0.4, -0.2) is 32.1 Å². The molecule has 150 valence electrons. The molecule has 4 rings (SSSR count). The van der Waals surface area contributed by atoms with E-state index in [9.17, 15) is 14.4 Å². The maximum absolute atomic E-state index is 13.2. The van der Waals surface area contributed by atoms with Crippen molar-refractivity contribution >= 4 is 40.4 Å². The summed E-state index contributed by atoms with van der Waals surface area (Å²) in [4.78, 5) is 39.2. The highest BCUT2D eigenvalue weighted by molar-refractivity contribution is 6.40. The lowest BCUT2D eigenvalue weighted by Gasteiger charge is -2.27. The first-order chi connectivity index (χ1) is 14.5. The number of methoxy groups -OCH3 is 2. The molecule has 1 aliphatic heterocycles. The number of carbonyl (C=O) groups excluding carboxylic acids is 3. The third kappa shape index (κ3) is 3.26. The Balaban J connectivity index is 1.79. The second kappa shape index (κ2) is 7.71. The van der Waals surface area contributed by atoms with Crippen LogP contribution in [0.1, 0.15) is 5.56 Å². The number of ether oxygens (including phenoxy) is 2. The van der Waals surface area contributed by atoms with Crippen molar-refractivity contribution in [2.24, 2.45) is 0 Å². The Bertz CT molecular complexity index is 1210. The van der Waals surface area contributed by atoms with Crippen molar-refractivity contribution in [1.29, 1.82) is 0 Å². The number of anilines is 1. The number of nitrogens with zero attached hydrogens (tertiary/aromatic N) is 1. The van der Waals surface area contributed by atoms with Crippen LogP contribution in [0.4, 0.5) is 10.5 Å². The molecule has 0 bridgehead atoms. The third-order valence-corrected chi connectivity index (χ3v) is 4.83.